The van der Waals surface area contributed by atoms with Gasteiger partial charge in [-0.1, -0.05) is 11.8 Å². The number of carbonyl (C=O) groups is 1. The number of anilines is 1. The molecule has 0 bridgehead atoms. The quantitative estimate of drug-likeness (QED) is 0.462. The third-order valence-corrected chi connectivity index (χ3v) is 6.43. The van der Waals surface area contributed by atoms with E-state index in [9.17, 15) is 4.79 Å². The standard InChI is InChI=1S/C17H19IN6O3S/c1-23(17(25)26)6-3-7-24-15-13(14(19)20-9-21-15)22-16(24)28-12-8-10(27-2)4-5-11(12)18/h4-5,8-9H,3,6-7H2,1-2H3,(H,25,26)(H2,19,20,21). The Morgan fingerprint density at radius 3 is 2.93 bits per heavy atom. The van der Waals surface area contributed by atoms with E-state index in [2.05, 4.69) is 37.5 Å². The molecule has 3 aromatic rings. The number of benzene rings is 1. The zero-order valence-electron chi connectivity index (χ0n) is 15.3. The van der Waals surface area contributed by atoms with E-state index in [0.29, 0.717) is 41.6 Å². The van der Waals surface area contributed by atoms with Crippen LogP contribution in [0.25, 0.3) is 11.2 Å². The summed E-state index contributed by atoms with van der Waals surface area (Å²) in [6, 6.07) is 5.83. The van der Waals surface area contributed by atoms with Crippen LogP contribution in [0.2, 0.25) is 0 Å². The molecule has 9 nitrogen and oxygen atoms in total. The van der Waals surface area contributed by atoms with Gasteiger partial charge in [-0.25, -0.2) is 19.7 Å². The van der Waals surface area contributed by atoms with Gasteiger partial charge in [0.2, 0.25) is 0 Å². The molecule has 0 saturated carbocycles. The SMILES string of the molecule is COc1ccc(I)c(Sc2nc3c(N)ncnc3n2CCCN(C)C(=O)O)c1. The van der Waals surface area contributed by atoms with E-state index in [1.807, 2.05) is 22.8 Å². The van der Waals surface area contributed by atoms with Crippen molar-refractivity contribution in [1.29, 1.82) is 0 Å². The smallest absolute Gasteiger partial charge is 0.407 e. The second-order valence-electron chi connectivity index (χ2n) is 5.93. The number of fused-ring (bicyclic) bond motifs is 1. The third-order valence-electron chi connectivity index (χ3n) is 4.07. The van der Waals surface area contributed by atoms with Crippen LogP contribution in [-0.2, 0) is 6.54 Å². The van der Waals surface area contributed by atoms with Crippen molar-refractivity contribution in [3.8, 4) is 5.75 Å². The van der Waals surface area contributed by atoms with Crippen LogP contribution in [0.15, 0.2) is 34.6 Å². The number of rotatable bonds is 7. The highest BCUT2D eigenvalue weighted by Crippen LogP contribution is 2.35. The normalized spacial score (nSPS) is 11.0. The molecule has 0 fully saturated rings. The van der Waals surface area contributed by atoms with Crippen molar-refractivity contribution >= 4 is 57.4 Å². The van der Waals surface area contributed by atoms with Crippen LogP contribution in [0.1, 0.15) is 6.42 Å². The van der Waals surface area contributed by atoms with Crippen molar-refractivity contribution < 1.29 is 14.6 Å². The first-order valence-corrected chi connectivity index (χ1v) is 10.2. The van der Waals surface area contributed by atoms with Gasteiger partial charge in [0.05, 0.1) is 7.11 Å². The maximum atomic E-state index is 11.0. The summed E-state index contributed by atoms with van der Waals surface area (Å²) < 4.78 is 8.33. The van der Waals surface area contributed by atoms with Crippen LogP contribution in [0, 0.1) is 3.57 Å². The van der Waals surface area contributed by atoms with E-state index in [1.54, 1.807) is 14.2 Å². The maximum Gasteiger partial charge on any atom is 0.407 e. The number of nitrogens with zero attached hydrogens (tertiary/aromatic N) is 5. The molecule has 0 radical (unpaired) electrons. The second-order valence-corrected chi connectivity index (χ2v) is 8.10. The minimum absolute atomic E-state index is 0.314. The minimum atomic E-state index is -0.956. The van der Waals surface area contributed by atoms with Crippen LogP contribution >= 0.6 is 34.4 Å². The summed E-state index contributed by atoms with van der Waals surface area (Å²) >= 11 is 3.74. The number of methoxy groups -OCH3 is 1. The van der Waals surface area contributed by atoms with Crippen molar-refractivity contribution in [2.24, 2.45) is 0 Å². The molecule has 2 heterocycles. The number of aromatic nitrogens is 4. The number of imidazole rings is 1. The third kappa shape index (κ3) is 4.41. The van der Waals surface area contributed by atoms with E-state index < -0.39 is 6.09 Å². The van der Waals surface area contributed by atoms with E-state index in [1.165, 1.54) is 23.0 Å². The lowest BCUT2D eigenvalue weighted by molar-refractivity contribution is 0.155. The zero-order chi connectivity index (χ0) is 20.3. The molecule has 1 amide bonds. The fourth-order valence-corrected chi connectivity index (χ4v) is 4.19. The Bertz CT molecular complexity index is 1010. The van der Waals surface area contributed by atoms with E-state index >= 15 is 0 Å². The first-order chi connectivity index (χ1) is 13.4. The number of nitrogen functional groups attached to an aromatic ring is 1. The fourth-order valence-electron chi connectivity index (χ4n) is 2.56. The Hall–Kier alpha value is -2.28. The lowest BCUT2D eigenvalue weighted by Gasteiger charge is -2.14. The van der Waals surface area contributed by atoms with Gasteiger partial charge in [-0.15, -0.1) is 0 Å². The Balaban J connectivity index is 1.94. The van der Waals surface area contributed by atoms with Gasteiger partial charge < -0.3 is 25.0 Å². The highest BCUT2D eigenvalue weighted by atomic mass is 127. The van der Waals surface area contributed by atoms with Crippen LogP contribution in [0.4, 0.5) is 10.6 Å². The number of aryl methyl sites for hydroxylation is 1. The molecular weight excluding hydrogens is 495 g/mol. The van der Waals surface area contributed by atoms with Crippen molar-refractivity contribution in [1.82, 2.24) is 24.4 Å². The molecule has 2 aromatic heterocycles. The summed E-state index contributed by atoms with van der Waals surface area (Å²) in [5, 5.41) is 9.74. The van der Waals surface area contributed by atoms with Crippen molar-refractivity contribution in [2.45, 2.75) is 23.0 Å². The number of nitrogens with two attached hydrogens (primary N) is 1. The second kappa shape index (κ2) is 8.82. The first-order valence-electron chi connectivity index (χ1n) is 8.33. The molecule has 0 aliphatic carbocycles. The summed E-state index contributed by atoms with van der Waals surface area (Å²) in [4.78, 5) is 26.2. The maximum absolute atomic E-state index is 11.0. The molecule has 0 atom stereocenters. The minimum Gasteiger partial charge on any atom is -0.497 e. The number of amides is 1. The van der Waals surface area contributed by atoms with Crippen LogP contribution in [0.3, 0.4) is 0 Å². The van der Waals surface area contributed by atoms with Gasteiger partial charge in [-0.2, -0.15) is 0 Å². The predicted molar refractivity (Wildman–Crippen MR) is 115 cm³/mol. The van der Waals surface area contributed by atoms with Gasteiger partial charge in [-0.3, -0.25) is 0 Å². The first kappa shape index (κ1) is 20.5. The lowest BCUT2D eigenvalue weighted by Crippen LogP contribution is -2.26. The molecule has 0 aliphatic rings. The summed E-state index contributed by atoms with van der Waals surface area (Å²) in [5.74, 6) is 1.07. The topological polar surface area (TPSA) is 119 Å². The Morgan fingerprint density at radius 2 is 2.21 bits per heavy atom. The average molecular weight is 514 g/mol. The van der Waals surface area contributed by atoms with Gasteiger partial charge in [0, 0.05) is 28.6 Å². The monoisotopic (exact) mass is 514 g/mol. The van der Waals surface area contributed by atoms with E-state index in [4.69, 9.17) is 15.6 Å². The molecule has 3 N–H and O–H groups in total. The van der Waals surface area contributed by atoms with Crippen molar-refractivity contribution in [3.05, 3.63) is 28.1 Å². The molecule has 3 rings (SSSR count). The summed E-state index contributed by atoms with van der Waals surface area (Å²) in [7, 11) is 3.17. The summed E-state index contributed by atoms with van der Waals surface area (Å²) in [6.45, 7) is 0.948. The van der Waals surface area contributed by atoms with Gasteiger partial charge >= 0.3 is 6.09 Å². The number of halogens is 1. The van der Waals surface area contributed by atoms with Gasteiger partial charge in [0.15, 0.2) is 22.1 Å². The van der Waals surface area contributed by atoms with Crippen molar-refractivity contribution in [3.63, 3.8) is 0 Å². The molecule has 28 heavy (non-hydrogen) atoms. The average Bonchev–Trinajstić information content (AvgIpc) is 3.02. The Morgan fingerprint density at radius 1 is 1.43 bits per heavy atom. The van der Waals surface area contributed by atoms with E-state index in [0.717, 1.165) is 14.2 Å². The molecule has 11 heteroatoms. The fraction of sp³-hybridized carbons (Fsp3) is 0.294. The molecule has 0 spiro atoms. The number of ether oxygens (including phenoxy) is 1. The molecule has 148 valence electrons. The highest BCUT2D eigenvalue weighted by Gasteiger charge is 2.17. The summed E-state index contributed by atoms with van der Waals surface area (Å²) in [5.41, 5.74) is 7.15. The number of carboxylic acid groups (broad SMARTS) is 1. The molecule has 0 saturated heterocycles. The zero-order valence-corrected chi connectivity index (χ0v) is 18.3. The predicted octanol–water partition coefficient (Wildman–Crippen LogP) is 3.17. The van der Waals surface area contributed by atoms with Gasteiger partial charge in [-0.05, 0) is 47.2 Å². The Labute approximate surface area is 179 Å². The van der Waals surface area contributed by atoms with Crippen LogP contribution in [-0.4, -0.2) is 56.3 Å². The van der Waals surface area contributed by atoms with E-state index in [-0.39, 0.29) is 0 Å². The molecule has 1 aromatic carbocycles. The molecule has 0 unspecified atom stereocenters. The number of hydrogen-bond acceptors (Lipinski definition) is 7. The van der Waals surface area contributed by atoms with Gasteiger partial charge in [0.25, 0.3) is 0 Å². The van der Waals surface area contributed by atoms with Gasteiger partial charge in [0.1, 0.15) is 12.1 Å². The summed E-state index contributed by atoms with van der Waals surface area (Å²) in [6.07, 6.45) is 1.06. The van der Waals surface area contributed by atoms with Crippen LogP contribution < -0.4 is 10.5 Å². The molecular formula is C17H19IN6O3S. The largest absolute Gasteiger partial charge is 0.497 e. The lowest BCUT2D eigenvalue weighted by atomic mass is 10.3. The Kier molecular flexibility index (Phi) is 6.44. The highest BCUT2D eigenvalue weighted by molar-refractivity contribution is 14.1. The van der Waals surface area contributed by atoms with Crippen LogP contribution in [0.5, 0.6) is 5.75 Å². The molecule has 0 aliphatic heterocycles. The number of hydrogen-bond donors (Lipinski definition) is 2. The van der Waals surface area contributed by atoms with Crippen molar-refractivity contribution in [2.75, 3.05) is 26.4 Å².